The number of carboxylic acid groups (broad SMARTS) is 1. The Labute approximate surface area is 114 Å². The Morgan fingerprint density at radius 2 is 1.95 bits per heavy atom. The molecule has 110 valence electrons. The topological polar surface area (TPSA) is 95.7 Å². The molecule has 6 nitrogen and oxygen atoms in total. The maximum Gasteiger partial charge on any atom is 0.404 e. The Kier molecular flexibility index (Phi) is 4.45. The zero-order valence-electron chi connectivity index (χ0n) is 12.2. The van der Waals surface area contributed by atoms with Gasteiger partial charge in [-0.05, 0) is 30.1 Å². The molecule has 0 heterocycles. The first-order valence-corrected chi connectivity index (χ1v) is 6.55. The summed E-state index contributed by atoms with van der Waals surface area (Å²) in [6.45, 7) is 8.19. The highest BCUT2D eigenvalue weighted by Crippen LogP contribution is 2.46. The van der Waals surface area contributed by atoms with Gasteiger partial charge in [0.2, 0.25) is 5.91 Å². The van der Waals surface area contributed by atoms with Crippen molar-refractivity contribution >= 4 is 12.0 Å². The molecule has 0 aromatic carbocycles. The zero-order chi connectivity index (χ0) is 14.8. The molecule has 0 aliphatic heterocycles. The van der Waals surface area contributed by atoms with Crippen LogP contribution in [0.4, 0.5) is 4.79 Å². The number of amides is 2. The largest absolute Gasteiger partial charge is 0.465 e. The fourth-order valence-corrected chi connectivity index (χ4v) is 3.55. The van der Waals surface area contributed by atoms with Crippen LogP contribution in [0, 0.1) is 10.8 Å². The molecule has 2 atom stereocenters. The van der Waals surface area contributed by atoms with Crippen LogP contribution in [-0.4, -0.2) is 34.7 Å². The lowest BCUT2D eigenvalue weighted by Crippen LogP contribution is -2.52. The first-order valence-electron chi connectivity index (χ1n) is 6.55. The lowest BCUT2D eigenvalue weighted by atomic mass is 9.62. The number of rotatable bonds is 3. The second-order valence-corrected chi connectivity index (χ2v) is 6.85. The van der Waals surface area contributed by atoms with Crippen molar-refractivity contribution in [2.24, 2.45) is 16.7 Å². The molecule has 0 spiro atoms. The zero-order valence-corrected chi connectivity index (χ0v) is 12.2. The average molecular weight is 271 g/mol. The average Bonchev–Trinajstić information content (AvgIpc) is 2.11. The molecule has 0 radical (unpaired) electrons. The van der Waals surface area contributed by atoms with E-state index in [1.807, 2.05) is 0 Å². The van der Waals surface area contributed by atoms with E-state index in [9.17, 15) is 9.59 Å². The molecule has 1 aliphatic carbocycles. The first kappa shape index (κ1) is 15.8. The van der Waals surface area contributed by atoms with Gasteiger partial charge in [-0.15, -0.1) is 0 Å². The van der Waals surface area contributed by atoms with Crippen molar-refractivity contribution in [3.05, 3.63) is 0 Å². The van der Waals surface area contributed by atoms with E-state index in [1.165, 1.54) is 11.9 Å². The lowest BCUT2D eigenvalue weighted by molar-refractivity contribution is -0.131. The number of hydrazine groups is 1. The van der Waals surface area contributed by atoms with Gasteiger partial charge in [0.05, 0.1) is 0 Å². The van der Waals surface area contributed by atoms with Gasteiger partial charge in [-0.1, -0.05) is 20.8 Å². The van der Waals surface area contributed by atoms with Crippen LogP contribution in [0.25, 0.3) is 0 Å². The van der Waals surface area contributed by atoms with E-state index in [0.717, 1.165) is 12.8 Å². The van der Waals surface area contributed by atoms with Crippen molar-refractivity contribution in [3.63, 3.8) is 0 Å². The Bertz CT molecular complexity index is 370. The number of hydrogen-bond acceptors (Lipinski definition) is 3. The highest BCUT2D eigenvalue weighted by molar-refractivity contribution is 5.72. The highest BCUT2D eigenvalue weighted by Gasteiger charge is 2.42. The molecule has 0 aromatic heterocycles. The maximum absolute atomic E-state index is 11.3. The molecule has 2 amide bonds. The van der Waals surface area contributed by atoms with Crippen molar-refractivity contribution < 1.29 is 14.7 Å². The van der Waals surface area contributed by atoms with Crippen LogP contribution in [0.1, 0.15) is 47.0 Å². The molecule has 0 bridgehead atoms. The Morgan fingerprint density at radius 3 is 2.42 bits per heavy atom. The number of nitrogens with one attached hydrogen (secondary N) is 1. The fourth-order valence-electron chi connectivity index (χ4n) is 3.55. The van der Waals surface area contributed by atoms with E-state index in [4.69, 9.17) is 10.9 Å². The van der Waals surface area contributed by atoms with Gasteiger partial charge < -0.3 is 10.4 Å². The highest BCUT2D eigenvalue weighted by atomic mass is 16.4. The van der Waals surface area contributed by atoms with Crippen molar-refractivity contribution in [1.82, 2.24) is 10.3 Å². The molecule has 1 fully saturated rings. The minimum Gasteiger partial charge on any atom is -0.465 e. The summed E-state index contributed by atoms with van der Waals surface area (Å²) in [6, 6.07) is -0.0911. The van der Waals surface area contributed by atoms with Crippen molar-refractivity contribution in [2.75, 3.05) is 6.54 Å². The summed E-state index contributed by atoms with van der Waals surface area (Å²) in [7, 11) is 0. The van der Waals surface area contributed by atoms with Crippen LogP contribution < -0.4 is 11.2 Å². The minimum absolute atomic E-state index is 0.0255. The standard InChI is InChI=1S/C13H25N3O3/c1-9(17)16(14)8-13(4)6-10(15-11(18)19)5-12(2,3)7-13/h10,15H,5-8,14H2,1-4H3,(H,18,19). The number of nitrogens with zero attached hydrogens (tertiary/aromatic N) is 1. The Hall–Kier alpha value is -1.30. The summed E-state index contributed by atoms with van der Waals surface area (Å²) in [5.74, 6) is 5.54. The van der Waals surface area contributed by atoms with Gasteiger partial charge in [-0.25, -0.2) is 10.6 Å². The predicted molar refractivity (Wildman–Crippen MR) is 72.3 cm³/mol. The van der Waals surface area contributed by atoms with Gasteiger partial charge in [-0.2, -0.15) is 0 Å². The molecule has 0 saturated heterocycles. The molecular weight excluding hydrogens is 246 g/mol. The smallest absolute Gasteiger partial charge is 0.404 e. The van der Waals surface area contributed by atoms with E-state index in [-0.39, 0.29) is 22.8 Å². The fraction of sp³-hybridized carbons (Fsp3) is 0.846. The van der Waals surface area contributed by atoms with E-state index in [0.29, 0.717) is 13.0 Å². The van der Waals surface area contributed by atoms with Crippen LogP contribution in [0.5, 0.6) is 0 Å². The van der Waals surface area contributed by atoms with Gasteiger partial charge in [-0.3, -0.25) is 9.80 Å². The van der Waals surface area contributed by atoms with Gasteiger partial charge in [0.25, 0.3) is 0 Å². The second-order valence-electron chi connectivity index (χ2n) is 6.85. The molecule has 1 aliphatic rings. The summed E-state index contributed by atoms with van der Waals surface area (Å²) in [4.78, 5) is 22.1. The molecular formula is C13H25N3O3. The third-order valence-corrected chi connectivity index (χ3v) is 3.73. The second kappa shape index (κ2) is 5.36. The molecule has 1 rings (SSSR count). The van der Waals surface area contributed by atoms with Crippen LogP contribution in [0.2, 0.25) is 0 Å². The molecule has 4 N–H and O–H groups in total. The van der Waals surface area contributed by atoms with Crippen LogP contribution >= 0.6 is 0 Å². The molecule has 19 heavy (non-hydrogen) atoms. The van der Waals surface area contributed by atoms with Crippen LogP contribution in [-0.2, 0) is 4.79 Å². The summed E-state index contributed by atoms with van der Waals surface area (Å²) >= 11 is 0. The SMILES string of the molecule is CC(=O)N(N)CC1(C)CC(NC(=O)O)CC(C)(C)C1. The molecule has 2 unspecified atom stereocenters. The monoisotopic (exact) mass is 271 g/mol. The Balaban J connectivity index is 2.81. The first-order chi connectivity index (χ1) is 8.53. The summed E-state index contributed by atoms with van der Waals surface area (Å²) in [5, 5.41) is 12.7. The number of carbonyl (C=O) groups excluding carboxylic acids is 1. The van der Waals surface area contributed by atoms with E-state index >= 15 is 0 Å². The Morgan fingerprint density at radius 1 is 1.37 bits per heavy atom. The minimum atomic E-state index is -0.999. The molecule has 0 aromatic rings. The van der Waals surface area contributed by atoms with Gasteiger partial charge in [0.1, 0.15) is 0 Å². The summed E-state index contributed by atoms with van der Waals surface area (Å²) in [6.07, 6.45) is 1.42. The van der Waals surface area contributed by atoms with Crippen molar-refractivity contribution in [3.8, 4) is 0 Å². The van der Waals surface area contributed by atoms with Crippen molar-refractivity contribution in [2.45, 2.75) is 53.0 Å². The van der Waals surface area contributed by atoms with Gasteiger partial charge in [0.15, 0.2) is 0 Å². The van der Waals surface area contributed by atoms with Crippen LogP contribution in [0.15, 0.2) is 0 Å². The quantitative estimate of drug-likeness (QED) is 0.412. The third-order valence-electron chi connectivity index (χ3n) is 3.73. The number of nitrogens with two attached hydrogens (primary N) is 1. The normalized spacial score (nSPS) is 29.6. The van der Waals surface area contributed by atoms with E-state index in [1.54, 1.807) is 0 Å². The third kappa shape index (κ3) is 4.70. The van der Waals surface area contributed by atoms with E-state index in [2.05, 4.69) is 26.1 Å². The lowest BCUT2D eigenvalue weighted by Gasteiger charge is -2.47. The van der Waals surface area contributed by atoms with Crippen molar-refractivity contribution in [1.29, 1.82) is 0 Å². The molecule has 1 saturated carbocycles. The van der Waals surface area contributed by atoms with Gasteiger partial charge in [0, 0.05) is 19.5 Å². The maximum atomic E-state index is 11.3. The predicted octanol–water partition coefficient (Wildman–Crippen LogP) is 1.56. The van der Waals surface area contributed by atoms with Gasteiger partial charge >= 0.3 is 6.09 Å². The van der Waals surface area contributed by atoms with E-state index < -0.39 is 6.09 Å². The van der Waals surface area contributed by atoms with Crippen LogP contribution in [0.3, 0.4) is 0 Å². The number of hydrogen-bond donors (Lipinski definition) is 3. The molecule has 6 heteroatoms. The number of carbonyl (C=O) groups is 2. The summed E-state index contributed by atoms with van der Waals surface area (Å²) < 4.78 is 0. The summed E-state index contributed by atoms with van der Waals surface area (Å²) in [5.41, 5.74) is -0.146.